The Morgan fingerprint density at radius 3 is 2.93 bits per heavy atom. The zero-order valence-corrected chi connectivity index (χ0v) is 18.5. The molecule has 1 unspecified atom stereocenters. The number of aryl methyl sites for hydroxylation is 1. The number of anilines is 1. The Morgan fingerprint density at radius 2 is 2.24 bits per heavy atom. The van der Waals surface area contributed by atoms with Crippen molar-refractivity contribution in [2.75, 3.05) is 38.8 Å². The molecule has 2 heterocycles. The van der Waals surface area contributed by atoms with Crippen LogP contribution in [0.3, 0.4) is 0 Å². The molecule has 1 aliphatic heterocycles. The molecule has 2 aromatic rings. The predicted octanol–water partition coefficient (Wildman–Crippen LogP) is 2.94. The van der Waals surface area contributed by atoms with Crippen molar-refractivity contribution in [2.45, 2.75) is 39.5 Å². The maximum Gasteiger partial charge on any atom is 0.191 e. The molecule has 1 aliphatic rings. The van der Waals surface area contributed by atoms with Crippen LogP contribution in [0.2, 0.25) is 0 Å². The lowest BCUT2D eigenvalue weighted by Crippen LogP contribution is -2.36. The summed E-state index contributed by atoms with van der Waals surface area (Å²) >= 11 is 1.64. The molecule has 0 radical (unpaired) electrons. The van der Waals surface area contributed by atoms with Crippen LogP contribution in [-0.4, -0.2) is 50.9 Å². The van der Waals surface area contributed by atoms with Crippen molar-refractivity contribution in [3.8, 4) is 5.75 Å². The molecular formula is C21H31N5O2S. The number of hydrogen-bond acceptors (Lipinski definition) is 6. The largest absolute Gasteiger partial charge is 0.488 e. The molecule has 1 fully saturated rings. The van der Waals surface area contributed by atoms with Gasteiger partial charge < -0.3 is 25.0 Å². The number of aliphatic imine (C=N–C) groups is 1. The van der Waals surface area contributed by atoms with E-state index in [0.29, 0.717) is 19.7 Å². The molecule has 0 spiro atoms. The fraction of sp³-hybridized carbons (Fsp3) is 0.524. The van der Waals surface area contributed by atoms with Gasteiger partial charge in [0.2, 0.25) is 0 Å². The van der Waals surface area contributed by atoms with E-state index in [-0.39, 0.29) is 6.10 Å². The van der Waals surface area contributed by atoms with E-state index >= 15 is 0 Å². The molecule has 3 rings (SSSR count). The zero-order valence-electron chi connectivity index (χ0n) is 17.7. The lowest BCUT2D eigenvalue weighted by molar-refractivity contribution is 0.140. The average molecular weight is 418 g/mol. The van der Waals surface area contributed by atoms with E-state index in [2.05, 4.69) is 53.0 Å². The van der Waals surface area contributed by atoms with Crippen LogP contribution < -0.4 is 20.3 Å². The standard InChI is InChI=1S/C21H31N5O2S/c1-5-22-20(24-12-17-14-29-21(25-17)26(3)4)23-11-16-7-6-15(2)10-19(16)28-18-8-9-27-13-18/h6-7,10,14,18H,5,8-9,11-13H2,1-4H3,(H2,22,23,24). The van der Waals surface area contributed by atoms with Gasteiger partial charge in [0.05, 0.1) is 32.0 Å². The Bertz CT molecular complexity index is 815. The number of hydrogen-bond donors (Lipinski definition) is 2. The minimum Gasteiger partial charge on any atom is -0.488 e. The monoisotopic (exact) mass is 417 g/mol. The quantitative estimate of drug-likeness (QED) is 0.508. The van der Waals surface area contributed by atoms with Crippen LogP contribution in [-0.2, 0) is 17.8 Å². The van der Waals surface area contributed by atoms with E-state index in [1.165, 1.54) is 5.56 Å². The van der Waals surface area contributed by atoms with Crippen molar-refractivity contribution >= 4 is 22.4 Å². The Balaban J connectivity index is 1.65. The minimum atomic E-state index is 0.126. The average Bonchev–Trinajstić information content (AvgIpc) is 3.37. The normalized spacial score (nSPS) is 16.7. The highest BCUT2D eigenvalue weighted by Gasteiger charge is 2.18. The Labute approximate surface area is 177 Å². The molecule has 1 saturated heterocycles. The number of aromatic nitrogens is 1. The maximum atomic E-state index is 6.19. The fourth-order valence-corrected chi connectivity index (χ4v) is 3.71. The van der Waals surface area contributed by atoms with Crippen molar-refractivity contribution in [2.24, 2.45) is 4.99 Å². The molecule has 1 aromatic heterocycles. The summed E-state index contributed by atoms with van der Waals surface area (Å²) in [6.45, 7) is 7.53. The smallest absolute Gasteiger partial charge is 0.191 e. The summed E-state index contributed by atoms with van der Waals surface area (Å²) < 4.78 is 11.6. The molecule has 2 N–H and O–H groups in total. The first-order valence-corrected chi connectivity index (χ1v) is 10.9. The summed E-state index contributed by atoms with van der Waals surface area (Å²) in [6.07, 6.45) is 1.06. The summed E-state index contributed by atoms with van der Waals surface area (Å²) in [5, 5.41) is 9.74. The molecule has 0 bridgehead atoms. The molecule has 7 nitrogen and oxygen atoms in total. The Kier molecular flexibility index (Phi) is 7.71. The third kappa shape index (κ3) is 6.33. The van der Waals surface area contributed by atoms with Crippen LogP contribution in [0.25, 0.3) is 0 Å². The van der Waals surface area contributed by atoms with Crippen LogP contribution in [0.4, 0.5) is 5.13 Å². The number of rotatable bonds is 8. The van der Waals surface area contributed by atoms with E-state index in [0.717, 1.165) is 47.7 Å². The van der Waals surface area contributed by atoms with E-state index in [1.54, 1.807) is 11.3 Å². The van der Waals surface area contributed by atoms with Gasteiger partial charge in [0, 0.05) is 38.0 Å². The number of guanidine groups is 1. The van der Waals surface area contributed by atoms with Gasteiger partial charge in [-0.05, 0) is 25.5 Å². The van der Waals surface area contributed by atoms with E-state index in [1.807, 2.05) is 19.0 Å². The molecule has 8 heteroatoms. The number of nitrogens with one attached hydrogen (secondary N) is 2. The topological polar surface area (TPSA) is 71.0 Å². The first-order valence-electron chi connectivity index (χ1n) is 10.0. The van der Waals surface area contributed by atoms with Gasteiger partial charge in [-0.3, -0.25) is 0 Å². The number of nitrogens with zero attached hydrogens (tertiary/aromatic N) is 3. The lowest BCUT2D eigenvalue weighted by Gasteiger charge is -2.16. The van der Waals surface area contributed by atoms with Gasteiger partial charge in [-0.2, -0.15) is 0 Å². The van der Waals surface area contributed by atoms with Crippen molar-refractivity contribution < 1.29 is 9.47 Å². The van der Waals surface area contributed by atoms with Crippen molar-refractivity contribution in [1.82, 2.24) is 15.6 Å². The van der Waals surface area contributed by atoms with Crippen molar-refractivity contribution in [1.29, 1.82) is 0 Å². The summed E-state index contributed by atoms with van der Waals surface area (Å²) in [5.74, 6) is 1.66. The molecule has 158 valence electrons. The van der Waals surface area contributed by atoms with Crippen LogP contribution in [0, 0.1) is 6.92 Å². The van der Waals surface area contributed by atoms with Crippen LogP contribution in [0.5, 0.6) is 5.75 Å². The highest BCUT2D eigenvalue weighted by atomic mass is 32.1. The van der Waals surface area contributed by atoms with Gasteiger partial charge in [-0.25, -0.2) is 9.98 Å². The number of benzene rings is 1. The highest BCUT2D eigenvalue weighted by Crippen LogP contribution is 2.24. The predicted molar refractivity (Wildman–Crippen MR) is 119 cm³/mol. The molecule has 0 aliphatic carbocycles. The number of thiazole rings is 1. The van der Waals surface area contributed by atoms with Gasteiger partial charge in [-0.1, -0.05) is 12.1 Å². The van der Waals surface area contributed by atoms with Crippen LogP contribution in [0.15, 0.2) is 28.6 Å². The molecular weight excluding hydrogens is 386 g/mol. The fourth-order valence-electron chi connectivity index (χ4n) is 2.95. The van der Waals surface area contributed by atoms with Gasteiger partial charge in [0.15, 0.2) is 11.1 Å². The second-order valence-corrected chi connectivity index (χ2v) is 8.12. The molecule has 1 atom stereocenters. The molecule has 0 saturated carbocycles. The SMILES string of the molecule is CCNC(=NCc1ccc(C)cc1OC1CCOC1)NCc1csc(N(C)C)n1. The zero-order chi connectivity index (χ0) is 20.6. The van der Waals surface area contributed by atoms with Crippen molar-refractivity contribution in [3.63, 3.8) is 0 Å². The van der Waals surface area contributed by atoms with E-state index < -0.39 is 0 Å². The number of ether oxygens (including phenoxy) is 2. The second kappa shape index (κ2) is 10.5. The van der Waals surface area contributed by atoms with Gasteiger partial charge in [0.25, 0.3) is 0 Å². The first-order chi connectivity index (χ1) is 14.0. The first kappa shape index (κ1) is 21.4. The lowest BCUT2D eigenvalue weighted by atomic mass is 10.1. The van der Waals surface area contributed by atoms with E-state index in [4.69, 9.17) is 14.5 Å². The summed E-state index contributed by atoms with van der Waals surface area (Å²) in [7, 11) is 4.00. The third-order valence-electron chi connectivity index (χ3n) is 4.52. The Morgan fingerprint density at radius 1 is 1.38 bits per heavy atom. The maximum absolute atomic E-state index is 6.19. The molecule has 0 amide bonds. The molecule has 1 aromatic carbocycles. The van der Waals surface area contributed by atoms with Crippen molar-refractivity contribution in [3.05, 3.63) is 40.4 Å². The summed E-state index contributed by atoms with van der Waals surface area (Å²) in [4.78, 5) is 11.4. The van der Waals surface area contributed by atoms with E-state index in [9.17, 15) is 0 Å². The molecule has 29 heavy (non-hydrogen) atoms. The van der Waals surface area contributed by atoms with Gasteiger partial charge in [-0.15, -0.1) is 11.3 Å². The summed E-state index contributed by atoms with van der Waals surface area (Å²) in [5.41, 5.74) is 3.25. The minimum absolute atomic E-state index is 0.126. The van der Waals surface area contributed by atoms with Crippen LogP contribution in [0.1, 0.15) is 30.2 Å². The summed E-state index contributed by atoms with van der Waals surface area (Å²) in [6, 6.07) is 6.28. The van der Waals surface area contributed by atoms with Crippen LogP contribution >= 0.6 is 11.3 Å². The second-order valence-electron chi connectivity index (χ2n) is 7.28. The third-order valence-corrected chi connectivity index (χ3v) is 5.57. The Hall–Kier alpha value is -2.32. The van der Waals surface area contributed by atoms with Gasteiger partial charge in [0.1, 0.15) is 11.9 Å². The van der Waals surface area contributed by atoms with Gasteiger partial charge >= 0.3 is 0 Å². The highest BCUT2D eigenvalue weighted by molar-refractivity contribution is 7.13.